The predicted molar refractivity (Wildman–Crippen MR) is 50.6 cm³/mol. The maximum absolute atomic E-state index is 5.20. The monoisotopic (exact) mass is 205 g/mol. The van der Waals surface area contributed by atoms with Crippen LogP contribution >= 0.6 is 0 Å². The van der Waals surface area contributed by atoms with Crippen LogP contribution in [0.1, 0.15) is 13.8 Å². The van der Waals surface area contributed by atoms with Gasteiger partial charge in [-0.2, -0.15) is 0 Å². The summed E-state index contributed by atoms with van der Waals surface area (Å²) in [6.45, 7) is 7.96. The van der Waals surface area contributed by atoms with E-state index in [1.54, 1.807) is 0 Å². The summed E-state index contributed by atoms with van der Waals surface area (Å²) in [4.78, 5) is 0. The first-order chi connectivity index (χ1) is 6.41. The molecule has 4 nitrogen and oxygen atoms in total. The number of rotatable bonds is 10. The molecule has 0 unspecified atom stereocenters. The molecular weight excluding hydrogens is 187 g/mol. The van der Waals surface area contributed by atoms with Gasteiger partial charge in [-0.05, 0) is 0 Å². The van der Waals surface area contributed by atoms with E-state index in [1.807, 2.05) is 13.8 Å². The Bertz CT molecular complexity index is 82.2. The first-order valence-electron chi connectivity index (χ1n) is 4.62. The van der Waals surface area contributed by atoms with Gasteiger partial charge >= 0.3 is 86.4 Å². The van der Waals surface area contributed by atoms with Gasteiger partial charge in [-0.3, -0.25) is 0 Å². The van der Waals surface area contributed by atoms with Gasteiger partial charge in [-0.25, -0.2) is 0 Å². The molecule has 0 aliphatic rings. The zero-order valence-electron chi connectivity index (χ0n) is 8.45. The Hall–Kier alpha value is 0.372. The maximum atomic E-state index is 5.20. The van der Waals surface area contributed by atoms with Crippen LogP contribution in [0.3, 0.4) is 0 Å². The van der Waals surface area contributed by atoms with Crippen LogP contribution in [0.5, 0.6) is 0 Å². The number of ether oxygens (including phenoxy) is 2. The zero-order chi connectivity index (χ0) is 9.78. The van der Waals surface area contributed by atoms with Crippen LogP contribution in [-0.2, 0) is 17.1 Å². The van der Waals surface area contributed by atoms with Crippen molar-refractivity contribution in [3.05, 3.63) is 0 Å². The standard InChI is InChI=1S/2C4H9O2.Al/c2*1-2-6-4-3-5;/h2*2-4H2,1H3;/q2*-1;+3. The van der Waals surface area contributed by atoms with Crippen molar-refractivity contribution in [2.24, 2.45) is 0 Å². The summed E-state index contributed by atoms with van der Waals surface area (Å²) in [5, 5.41) is 0. The second kappa shape index (κ2) is 12.4. The molecular formula is C8H18AlO4+. The summed E-state index contributed by atoms with van der Waals surface area (Å²) >= 11 is -0.355. The van der Waals surface area contributed by atoms with E-state index in [-0.39, 0.29) is 15.9 Å². The summed E-state index contributed by atoms with van der Waals surface area (Å²) in [5.74, 6) is 0. The molecule has 0 saturated carbocycles. The molecule has 76 valence electrons. The molecule has 0 aromatic carbocycles. The van der Waals surface area contributed by atoms with Gasteiger partial charge in [0, 0.05) is 0 Å². The molecule has 0 rings (SSSR count). The molecule has 0 aromatic rings. The zero-order valence-corrected chi connectivity index (χ0v) is 9.61. The van der Waals surface area contributed by atoms with Crippen molar-refractivity contribution in [2.45, 2.75) is 13.8 Å². The summed E-state index contributed by atoms with van der Waals surface area (Å²) < 4.78 is 20.6. The molecule has 13 heavy (non-hydrogen) atoms. The third-order valence-corrected chi connectivity index (χ3v) is 1.98. The summed E-state index contributed by atoms with van der Waals surface area (Å²) in [7, 11) is 0. The molecule has 0 amide bonds. The quantitative estimate of drug-likeness (QED) is 0.387. The molecule has 0 aromatic heterocycles. The minimum absolute atomic E-state index is 0.355. The SMILES string of the molecule is CCOCC[O][Al+][O]CCOCC. The average molecular weight is 205 g/mol. The average Bonchev–Trinajstić information content (AvgIpc) is 2.16. The van der Waals surface area contributed by atoms with E-state index in [1.165, 1.54) is 0 Å². The van der Waals surface area contributed by atoms with Crippen LogP contribution in [0.15, 0.2) is 0 Å². The fourth-order valence-electron chi connectivity index (χ4n) is 0.647. The minimum atomic E-state index is -0.355. The van der Waals surface area contributed by atoms with Crippen molar-refractivity contribution in [1.29, 1.82) is 0 Å². The van der Waals surface area contributed by atoms with Gasteiger partial charge in [-0.15, -0.1) is 0 Å². The second-order valence-electron chi connectivity index (χ2n) is 2.23. The molecule has 0 radical (unpaired) electrons. The van der Waals surface area contributed by atoms with Crippen molar-refractivity contribution in [1.82, 2.24) is 0 Å². The van der Waals surface area contributed by atoms with E-state index in [4.69, 9.17) is 17.1 Å². The first-order valence-corrected chi connectivity index (χ1v) is 5.56. The van der Waals surface area contributed by atoms with Crippen molar-refractivity contribution >= 4 is 15.9 Å². The van der Waals surface area contributed by atoms with Crippen molar-refractivity contribution in [2.75, 3.05) is 39.6 Å². The second-order valence-corrected chi connectivity index (χ2v) is 3.09. The van der Waals surface area contributed by atoms with Crippen molar-refractivity contribution in [3.8, 4) is 0 Å². The van der Waals surface area contributed by atoms with E-state index in [2.05, 4.69) is 0 Å². The molecule has 0 aliphatic heterocycles. The van der Waals surface area contributed by atoms with E-state index < -0.39 is 0 Å². The van der Waals surface area contributed by atoms with Crippen molar-refractivity contribution in [3.63, 3.8) is 0 Å². The van der Waals surface area contributed by atoms with E-state index in [9.17, 15) is 0 Å². The Labute approximate surface area is 86.9 Å². The molecule has 5 heteroatoms. The normalized spacial score (nSPS) is 10.0. The topological polar surface area (TPSA) is 36.9 Å². The van der Waals surface area contributed by atoms with Gasteiger partial charge in [-0.1, -0.05) is 0 Å². The van der Waals surface area contributed by atoms with Crippen LogP contribution in [0.4, 0.5) is 0 Å². The van der Waals surface area contributed by atoms with Gasteiger partial charge < -0.3 is 0 Å². The molecule has 0 fully saturated rings. The predicted octanol–water partition coefficient (Wildman–Crippen LogP) is 0.627. The summed E-state index contributed by atoms with van der Waals surface area (Å²) in [6, 6.07) is 0. The van der Waals surface area contributed by atoms with Gasteiger partial charge in [0.05, 0.1) is 0 Å². The van der Waals surface area contributed by atoms with Gasteiger partial charge in [0.25, 0.3) is 0 Å². The molecule has 0 atom stereocenters. The fourth-order valence-corrected chi connectivity index (χ4v) is 1.13. The third-order valence-electron chi connectivity index (χ3n) is 1.24. The van der Waals surface area contributed by atoms with E-state index >= 15 is 0 Å². The third kappa shape index (κ3) is 12.4. The Morgan fingerprint density at radius 1 is 0.769 bits per heavy atom. The van der Waals surface area contributed by atoms with Gasteiger partial charge in [0.1, 0.15) is 0 Å². The molecule has 0 N–H and O–H groups in total. The number of hydrogen-bond acceptors (Lipinski definition) is 4. The summed E-state index contributed by atoms with van der Waals surface area (Å²) in [5.41, 5.74) is 0. The van der Waals surface area contributed by atoms with Crippen LogP contribution in [0, 0.1) is 0 Å². The van der Waals surface area contributed by atoms with E-state index in [0.717, 1.165) is 13.2 Å². The molecule has 0 saturated heterocycles. The number of hydrogen-bond donors (Lipinski definition) is 0. The van der Waals surface area contributed by atoms with Crippen LogP contribution in [0.2, 0.25) is 0 Å². The van der Waals surface area contributed by atoms with Crippen LogP contribution < -0.4 is 0 Å². The fraction of sp³-hybridized carbons (Fsp3) is 1.00. The molecule has 0 spiro atoms. The van der Waals surface area contributed by atoms with Crippen LogP contribution in [-0.4, -0.2) is 55.5 Å². The van der Waals surface area contributed by atoms with Crippen molar-refractivity contribution < 1.29 is 17.1 Å². The molecule has 0 bridgehead atoms. The Morgan fingerprint density at radius 2 is 1.23 bits per heavy atom. The van der Waals surface area contributed by atoms with Gasteiger partial charge in [0.2, 0.25) is 0 Å². The Balaban J connectivity index is 2.76. The Kier molecular flexibility index (Phi) is 12.7. The van der Waals surface area contributed by atoms with Crippen LogP contribution in [0.25, 0.3) is 0 Å². The van der Waals surface area contributed by atoms with Gasteiger partial charge in [0.15, 0.2) is 0 Å². The molecule has 0 heterocycles. The molecule has 0 aliphatic carbocycles. The Morgan fingerprint density at radius 3 is 1.62 bits per heavy atom. The summed E-state index contributed by atoms with van der Waals surface area (Å²) in [6.07, 6.45) is 0. The van der Waals surface area contributed by atoms with E-state index in [0.29, 0.717) is 26.4 Å². The first kappa shape index (κ1) is 13.4.